The predicted octanol–water partition coefficient (Wildman–Crippen LogP) is 1.50. The number of esters is 1. The molecule has 132 valence electrons. The molecule has 1 aromatic carbocycles. The fraction of sp³-hybridized carbons (Fsp3) is 0.529. The van der Waals surface area contributed by atoms with Crippen LogP contribution in [0, 0.1) is 0 Å². The standard InChI is InChI=1S/C17H24N2O5/c1-3-23-17(21)13-10-15(22-2)16(11-14(13)18)24-9-8-19-6-4-12(20)5-7-19/h10-11H,3-9,18H2,1-2H3. The van der Waals surface area contributed by atoms with Gasteiger partial charge in [-0.25, -0.2) is 4.79 Å². The predicted molar refractivity (Wildman–Crippen MR) is 89.5 cm³/mol. The van der Waals surface area contributed by atoms with E-state index < -0.39 is 5.97 Å². The Morgan fingerprint density at radius 1 is 1.25 bits per heavy atom. The number of ketones is 1. The van der Waals surface area contributed by atoms with Crippen LogP contribution in [0.5, 0.6) is 11.5 Å². The number of likely N-dealkylation sites (tertiary alicyclic amines) is 1. The fourth-order valence-corrected chi connectivity index (χ4v) is 2.54. The van der Waals surface area contributed by atoms with Gasteiger partial charge in [0, 0.05) is 44.6 Å². The number of nitrogens with zero attached hydrogens (tertiary/aromatic N) is 1. The Kier molecular flexibility index (Phi) is 6.43. The normalized spacial score (nSPS) is 15.2. The van der Waals surface area contributed by atoms with E-state index in [1.165, 1.54) is 13.2 Å². The van der Waals surface area contributed by atoms with Crippen molar-refractivity contribution in [1.82, 2.24) is 4.90 Å². The average molecular weight is 336 g/mol. The van der Waals surface area contributed by atoms with Gasteiger partial charge >= 0.3 is 5.97 Å². The number of methoxy groups -OCH3 is 1. The van der Waals surface area contributed by atoms with Crippen LogP contribution in [0.15, 0.2) is 12.1 Å². The van der Waals surface area contributed by atoms with Gasteiger partial charge in [-0.05, 0) is 6.92 Å². The van der Waals surface area contributed by atoms with Gasteiger partial charge in [-0.3, -0.25) is 9.69 Å². The zero-order valence-electron chi connectivity index (χ0n) is 14.2. The van der Waals surface area contributed by atoms with Crippen molar-refractivity contribution >= 4 is 17.4 Å². The van der Waals surface area contributed by atoms with Crippen LogP contribution in [0.25, 0.3) is 0 Å². The number of carbonyl (C=O) groups is 2. The molecule has 24 heavy (non-hydrogen) atoms. The first kappa shape index (κ1) is 18.1. The summed E-state index contributed by atoms with van der Waals surface area (Å²) in [4.78, 5) is 25.3. The van der Waals surface area contributed by atoms with Crippen molar-refractivity contribution in [2.75, 3.05) is 45.7 Å². The third-order valence-electron chi connectivity index (χ3n) is 3.91. The van der Waals surface area contributed by atoms with Crippen molar-refractivity contribution in [3.05, 3.63) is 17.7 Å². The molecule has 1 fully saturated rings. The molecule has 0 spiro atoms. The van der Waals surface area contributed by atoms with E-state index in [-0.39, 0.29) is 17.9 Å². The molecule has 2 N–H and O–H groups in total. The minimum absolute atomic E-state index is 0.260. The monoisotopic (exact) mass is 336 g/mol. The van der Waals surface area contributed by atoms with Crippen LogP contribution in [0.4, 0.5) is 5.69 Å². The molecule has 0 saturated carbocycles. The summed E-state index contributed by atoms with van der Waals surface area (Å²) in [5.74, 6) is 0.742. The lowest BCUT2D eigenvalue weighted by Crippen LogP contribution is -2.36. The number of ether oxygens (including phenoxy) is 3. The van der Waals surface area contributed by atoms with Crippen LogP contribution < -0.4 is 15.2 Å². The molecule has 1 aliphatic heterocycles. The number of nitrogen functional groups attached to an aromatic ring is 1. The smallest absolute Gasteiger partial charge is 0.340 e. The van der Waals surface area contributed by atoms with Crippen molar-refractivity contribution in [2.45, 2.75) is 19.8 Å². The minimum Gasteiger partial charge on any atom is -0.493 e. The summed E-state index contributed by atoms with van der Waals surface area (Å²) in [6, 6.07) is 3.10. The van der Waals surface area contributed by atoms with Crippen LogP contribution in [-0.4, -0.2) is 56.6 Å². The highest BCUT2D eigenvalue weighted by molar-refractivity contribution is 5.96. The molecule has 0 amide bonds. The third-order valence-corrected chi connectivity index (χ3v) is 3.91. The number of piperidine rings is 1. The number of benzene rings is 1. The number of nitrogens with two attached hydrogens (primary N) is 1. The van der Waals surface area contributed by atoms with Gasteiger partial charge in [0.1, 0.15) is 12.4 Å². The first-order chi connectivity index (χ1) is 11.5. The fourth-order valence-electron chi connectivity index (χ4n) is 2.54. The van der Waals surface area contributed by atoms with Crippen molar-refractivity contribution in [1.29, 1.82) is 0 Å². The molecule has 0 atom stereocenters. The number of anilines is 1. The Labute approximate surface area is 141 Å². The lowest BCUT2D eigenvalue weighted by molar-refractivity contribution is -0.121. The Bertz CT molecular complexity index is 593. The second-order valence-corrected chi connectivity index (χ2v) is 5.54. The average Bonchev–Trinajstić information content (AvgIpc) is 2.57. The van der Waals surface area contributed by atoms with Gasteiger partial charge in [-0.2, -0.15) is 0 Å². The highest BCUT2D eigenvalue weighted by Crippen LogP contribution is 2.32. The first-order valence-corrected chi connectivity index (χ1v) is 8.06. The SMILES string of the molecule is CCOC(=O)c1cc(OC)c(OCCN2CCC(=O)CC2)cc1N. The Morgan fingerprint density at radius 3 is 2.58 bits per heavy atom. The molecule has 7 heteroatoms. The lowest BCUT2D eigenvalue weighted by Gasteiger charge is -2.25. The van der Waals surface area contributed by atoms with E-state index in [2.05, 4.69) is 4.90 Å². The summed E-state index contributed by atoms with van der Waals surface area (Å²) in [6.45, 7) is 4.71. The van der Waals surface area contributed by atoms with Gasteiger partial charge in [0.25, 0.3) is 0 Å². The third kappa shape index (κ3) is 4.61. The topological polar surface area (TPSA) is 91.1 Å². The van der Waals surface area contributed by atoms with Crippen LogP contribution >= 0.6 is 0 Å². The van der Waals surface area contributed by atoms with Crippen LogP contribution in [-0.2, 0) is 9.53 Å². The summed E-state index contributed by atoms with van der Waals surface area (Å²) in [5, 5.41) is 0. The van der Waals surface area contributed by atoms with Gasteiger partial charge in [-0.15, -0.1) is 0 Å². The molecule has 2 rings (SSSR count). The van der Waals surface area contributed by atoms with Gasteiger partial charge in [0.05, 0.1) is 25.0 Å². The zero-order chi connectivity index (χ0) is 17.5. The number of Topliss-reactive ketones (excluding diaryl/α,β-unsaturated/α-hetero) is 1. The van der Waals surface area contributed by atoms with Crippen LogP contribution in [0.2, 0.25) is 0 Å². The molecule has 0 unspecified atom stereocenters. The molecule has 0 radical (unpaired) electrons. The highest BCUT2D eigenvalue weighted by Gasteiger charge is 2.18. The van der Waals surface area contributed by atoms with E-state index in [1.807, 2.05) is 0 Å². The number of hydrogen-bond acceptors (Lipinski definition) is 7. The van der Waals surface area contributed by atoms with E-state index >= 15 is 0 Å². The van der Waals surface area contributed by atoms with E-state index in [9.17, 15) is 9.59 Å². The molecular weight excluding hydrogens is 312 g/mol. The summed E-state index contributed by atoms with van der Waals surface area (Å²) in [6.07, 6.45) is 1.20. The summed E-state index contributed by atoms with van der Waals surface area (Å²) in [7, 11) is 1.50. The quantitative estimate of drug-likeness (QED) is 0.596. The van der Waals surface area contributed by atoms with Gasteiger partial charge in [0.2, 0.25) is 0 Å². The highest BCUT2D eigenvalue weighted by atomic mass is 16.5. The number of hydrogen-bond donors (Lipinski definition) is 1. The van der Waals surface area contributed by atoms with E-state index in [0.717, 1.165) is 19.6 Å². The summed E-state index contributed by atoms with van der Waals surface area (Å²) in [5.41, 5.74) is 6.47. The van der Waals surface area contributed by atoms with Crippen molar-refractivity contribution in [3.8, 4) is 11.5 Å². The molecule has 7 nitrogen and oxygen atoms in total. The van der Waals surface area contributed by atoms with Gasteiger partial charge in [-0.1, -0.05) is 0 Å². The second kappa shape index (κ2) is 8.54. The van der Waals surface area contributed by atoms with Crippen molar-refractivity contribution < 1.29 is 23.8 Å². The number of rotatable bonds is 7. The molecule has 0 bridgehead atoms. The van der Waals surface area contributed by atoms with E-state index in [1.54, 1.807) is 13.0 Å². The molecule has 0 aliphatic carbocycles. The van der Waals surface area contributed by atoms with E-state index in [4.69, 9.17) is 19.9 Å². The maximum absolute atomic E-state index is 11.9. The Balaban J connectivity index is 1.98. The molecule has 1 aliphatic rings. The largest absolute Gasteiger partial charge is 0.493 e. The summed E-state index contributed by atoms with van der Waals surface area (Å²) >= 11 is 0. The Hall–Kier alpha value is -2.28. The molecule has 1 aromatic rings. The van der Waals surface area contributed by atoms with Crippen LogP contribution in [0.1, 0.15) is 30.1 Å². The maximum atomic E-state index is 11.9. The van der Waals surface area contributed by atoms with E-state index in [0.29, 0.717) is 36.7 Å². The molecular formula is C17H24N2O5. The zero-order valence-corrected chi connectivity index (χ0v) is 14.2. The molecule has 0 aromatic heterocycles. The minimum atomic E-state index is -0.488. The maximum Gasteiger partial charge on any atom is 0.340 e. The van der Waals surface area contributed by atoms with Crippen molar-refractivity contribution in [2.24, 2.45) is 0 Å². The molecule has 1 saturated heterocycles. The van der Waals surface area contributed by atoms with Gasteiger partial charge < -0.3 is 19.9 Å². The lowest BCUT2D eigenvalue weighted by atomic mass is 10.1. The van der Waals surface area contributed by atoms with Crippen molar-refractivity contribution in [3.63, 3.8) is 0 Å². The summed E-state index contributed by atoms with van der Waals surface area (Å²) < 4.78 is 16.0. The molecule has 1 heterocycles. The van der Waals surface area contributed by atoms with Gasteiger partial charge in [0.15, 0.2) is 11.5 Å². The first-order valence-electron chi connectivity index (χ1n) is 8.06. The van der Waals surface area contributed by atoms with Crippen LogP contribution in [0.3, 0.4) is 0 Å². The Morgan fingerprint density at radius 2 is 1.96 bits per heavy atom. The second-order valence-electron chi connectivity index (χ2n) is 5.54. The number of carbonyl (C=O) groups excluding carboxylic acids is 2.